The molecule has 0 aliphatic heterocycles. The first kappa shape index (κ1) is 20.0. The van der Waals surface area contributed by atoms with Crippen LogP contribution in [-0.4, -0.2) is 58.2 Å². The monoisotopic (exact) mass is 296 g/mol. The van der Waals surface area contributed by atoms with E-state index in [9.17, 15) is 0 Å². The number of hydrogen-bond donors (Lipinski definition) is 0. The van der Waals surface area contributed by atoms with Crippen molar-refractivity contribution in [2.75, 3.05) is 46.6 Å². The van der Waals surface area contributed by atoms with E-state index in [0.29, 0.717) is 13.2 Å². The molecule has 0 aliphatic carbocycles. The van der Waals surface area contributed by atoms with Gasteiger partial charge in [-0.25, -0.2) is 0 Å². The Labute approximate surface area is 130 Å². The van der Waals surface area contributed by atoms with Gasteiger partial charge in [0.2, 0.25) is 0 Å². The van der Waals surface area contributed by atoms with Crippen molar-refractivity contribution >= 4 is 6.72 Å². The fraction of sp³-hybridized carbons (Fsp3) is 0.706. The highest BCUT2D eigenvalue weighted by molar-refractivity contribution is 5.28. The summed E-state index contributed by atoms with van der Waals surface area (Å²) in [6.45, 7) is 12.6. The van der Waals surface area contributed by atoms with Crippen LogP contribution in [0.3, 0.4) is 0 Å². The van der Waals surface area contributed by atoms with Gasteiger partial charge in [0.15, 0.2) is 0 Å². The maximum Gasteiger partial charge on any atom is 0.0700 e. The first-order chi connectivity index (χ1) is 10.2. The molecule has 0 heterocycles. The predicted octanol–water partition coefficient (Wildman–Crippen LogP) is 3.30. The van der Waals surface area contributed by atoms with Crippen molar-refractivity contribution in [3.05, 3.63) is 23.9 Å². The van der Waals surface area contributed by atoms with Gasteiger partial charge in [0, 0.05) is 26.0 Å². The molecule has 0 fully saturated rings. The predicted molar refractivity (Wildman–Crippen MR) is 91.1 cm³/mol. The van der Waals surface area contributed by atoms with Crippen LogP contribution in [0.15, 0.2) is 28.9 Å². The van der Waals surface area contributed by atoms with Crippen LogP contribution < -0.4 is 0 Å². The third kappa shape index (κ3) is 13.8. The zero-order valence-electron chi connectivity index (χ0n) is 14.0. The molecular formula is C17H32N2O2. The largest absolute Gasteiger partial charge is 0.379 e. The smallest absolute Gasteiger partial charge is 0.0700 e. The number of nitrogens with zero attached hydrogens (tertiary/aromatic N) is 2. The molecule has 4 heteroatoms. The van der Waals surface area contributed by atoms with Crippen molar-refractivity contribution in [2.24, 2.45) is 4.99 Å². The lowest BCUT2D eigenvalue weighted by molar-refractivity contribution is 0.0511. The Kier molecular flexibility index (Phi) is 14.7. The molecule has 21 heavy (non-hydrogen) atoms. The molecule has 0 aromatic heterocycles. The fourth-order valence-corrected chi connectivity index (χ4v) is 1.91. The van der Waals surface area contributed by atoms with Crippen LogP contribution in [0.2, 0.25) is 0 Å². The van der Waals surface area contributed by atoms with Gasteiger partial charge >= 0.3 is 0 Å². The minimum atomic E-state index is 0.707. The summed E-state index contributed by atoms with van der Waals surface area (Å²) in [5.74, 6) is 0. The second-order valence-electron chi connectivity index (χ2n) is 4.97. The highest BCUT2D eigenvalue weighted by atomic mass is 16.5. The fourth-order valence-electron chi connectivity index (χ4n) is 1.91. The normalized spacial score (nSPS) is 12.5. The number of aliphatic imine (C=N–C) groups is 1. The third-order valence-electron chi connectivity index (χ3n) is 3.12. The standard InChI is InChI=1S/C17H32N2O2/c1-5-17(10-11-18-3)16-19(4)12-8-7-9-13-21-15-14-20-6-2/h5,10-11H,3,6-9,12-16H2,1-2,4H3/b11-10-,17-5+. The maximum atomic E-state index is 5.50. The van der Waals surface area contributed by atoms with Gasteiger partial charge in [0.1, 0.15) is 0 Å². The number of likely N-dealkylation sites (N-methyl/N-ethyl adjacent to an activating group) is 1. The quantitative estimate of drug-likeness (QED) is 0.280. The lowest BCUT2D eigenvalue weighted by Gasteiger charge is -2.17. The van der Waals surface area contributed by atoms with E-state index in [2.05, 4.69) is 36.7 Å². The summed E-state index contributed by atoms with van der Waals surface area (Å²) in [5, 5.41) is 0. The van der Waals surface area contributed by atoms with E-state index in [1.165, 1.54) is 18.4 Å². The number of unbranched alkanes of at least 4 members (excludes halogenated alkanes) is 2. The van der Waals surface area contributed by atoms with Gasteiger partial charge in [0.25, 0.3) is 0 Å². The van der Waals surface area contributed by atoms with Crippen LogP contribution in [0.25, 0.3) is 0 Å². The third-order valence-corrected chi connectivity index (χ3v) is 3.12. The molecule has 0 aliphatic rings. The van der Waals surface area contributed by atoms with Gasteiger partial charge in [0.05, 0.1) is 13.2 Å². The Hall–Kier alpha value is -0.970. The van der Waals surface area contributed by atoms with Crippen molar-refractivity contribution < 1.29 is 9.47 Å². The highest BCUT2D eigenvalue weighted by Gasteiger charge is 2.00. The number of hydrogen-bond acceptors (Lipinski definition) is 4. The second kappa shape index (κ2) is 15.4. The molecule has 0 saturated carbocycles. The van der Waals surface area contributed by atoms with Gasteiger partial charge in [-0.1, -0.05) is 6.08 Å². The van der Waals surface area contributed by atoms with E-state index < -0.39 is 0 Å². The first-order valence-electron chi connectivity index (χ1n) is 7.86. The highest BCUT2D eigenvalue weighted by Crippen LogP contribution is 2.03. The van der Waals surface area contributed by atoms with Crippen LogP contribution in [0.4, 0.5) is 0 Å². The molecule has 4 nitrogen and oxygen atoms in total. The number of rotatable bonds is 14. The average Bonchev–Trinajstić information content (AvgIpc) is 2.49. The zero-order valence-corrected chi connectivity index (χ0v) is 14.0. The SMILES string of the molecule is C=N/C=C\C(=C/C)CN(C)CCCCCOCCOCC. The van der Waals surface area contributed by atoms with E-state index in [-0.39, 0.29) is 0 Å². The van der Waals surface area contributed by atoms with Crippen LogP contribution in [0.1, 0.15) is 33.1 Å². The van der Waals surface area contributed by atoms with Gasteiger partial charge in [-0.15, -0.1) is 0 Å². The van der Waals surface area contributed by atoms with E-state index in [1.54, 1.807) is 6.20 Å². The molecule has 0 radical (unpaired) electrons. The lowest BCUT2D eigenvalue weighted by atomic mass is 10.2. The summed E-state index contributed by atoms with van der Waals surface area (Å²) in [6.07, 6.45) is 9.39. The summed E-state index contributed by atoms with van der Waals surface area (Å²) < 4.78 is 10.7. The van der Waals surface area contributed by atoms with Crippen molar-refractivity contribution in [1.29, 1.82) is 0 Å². The Morgan fingerprint density at radius 3 is 2.57 bits per heavy atom. The molecule has 0 spiro atoms. The number of allylic oxidation sites excluding steroid dienone is 1. The Morgan fingerprint density at radius 2 is 1.90 bits per heavy atom. The van der Waals surface area contributed by atoms with Crippen LogP contribution in [0.5, 0.6) is 0 Å². The van der Waals surface area contributed by atoms with E-state index in [0.717, 1.165) is 32.7 Å². The molecule has 0 atom stereocenters. The summed E-state index contributed by atoms with van der Waals surface area (Å²) in [7, 11) is 2.15. The van der Waals surface area contributed by atoms with Crippen molar-refractivity contribution in [3.8, 4) is 0 Å². The van der Waals surface area contributed by atoms with Gasteiger partial charge in [-0.05, 0) is 65.1 Å². The second-order valence-corrected chi connectivity index (χ2v) is 4.97. The molecule has 0 aromatic carbocycles. The summed E-state index contributed by atoms with van der Waals surface area (Å²) >= 11 is 0. The molecular weight excluding hydrogens is 264 g/mol. The Bertz CT molecular complexity index is 301. The van der Waals surface area contributed by atoms with Gasteiger partial charge in [-0.3, -0.25) is 4.99 Å². The zero-order chi connectivity index (χ0) is 15.8. The summed E-state index contributed by atoms with van der Waals surface area (Å²) in [6, 6.07) is 0. The van der Waals surface area contributed by atoms with E-state index in [1.807, 2.05) is 13.0 Å². The topological polar surface area (TPSA) is 34.1 Å². The first-order valence-corrected chi connectivity index (χ1v) is 7.86. The van der Waals surface area contributed by atoms with Crippen molar-refractivity contribution in [2.45, 2.75) is 33.1 Å². The Balaban J connectivity index is 3.51. The van der Waals surface area contributed by atoms with Crippen LogP contribution in [-0.2, 0) is 9.47 Å². The lowest BCUT2D eigenvalue weighted by Crippen LogP contribution is -2.22. The van der Waals surface area contributed by atoms with Gasteiger partial charge in [-0.2, -0.15) is 0 Å². The molecule has 0 amide bonds. The molecule has 0 aromatic rings. The molecule has 0 saturated heterocycles. The molecule has 0 N–H and O–H groups in total. The van der Waals surface area contributed by atoms with E-state index in [4.69, 9.17) is 9.47 Å². The minimum Gasteiger partial charge on any atom is -0.379 e. The molecule has 122 valence electrons. The summed E-state index contributed by atoms with van der Waals surface area (Å²) in [4.78, 5) is 6.07. The minimum absolute atomic E-state index is 0.707. The van der Waals surface area contributed by atoms with Crippen molar-refractivity contribution in [1.82, 2.24) is 4.90 Å². The average molecular weight is 296 g/mol. The maximum absolute atomic E-state index is 5.50. The summed E-state index contributed by atoms with van der Waals surface area (Å²) in [5.41, 5.74) is 1.27. The molecule has 0 bridgehead atoms. The molecule has 0 unspecified atom stereocenters. The van der Waals surface area contributed by atoms with Crippen molar-refractivity contribution in [3.63, 3.8) is 0 Å². The van der Waals surface area contributed by atoms with E-state index >= 15 is 0 Å². The number of ether oxygens (including phenoxy) is 2. The van der Waals surface area contributed by atoms with Crippen LogP contribution >= 0.6 is 0 Å². The Morgan fingerprint density at radius 1 is 1.14 bits per heavy atom. The van der Waals surface area contributed by atoms with Crippen LogP contribution in [0, 0.1) is 0 Å². The molecule has 0 rings (SSSR count). The van der Waals surface area contributed by atoms with Gasteiger partial charge < -0.3 is 14.4 Å².